The summed E-state index contributed by atoms with van der Waals surface area (Å²) in [6.07, 6.45) is 0. The van der Waals surface area contributed by atoms with E-state index in [2.05, 4.69) is 38.2 Å². The Morgan fingerprint density at radius 2 is 1.38 bits per heavy atom. The molecule has 0 bridgehead atoms. The third kappa shape index (κ3) is 4.67. The lowest BCUT2D eigenvalue weighted by atomic mass is 9.87. The molecule has 4 nitrogen and oxygen atoms in total. The molecule has 1 aliphatic heterocycles. The summed E-state index contributed by atoms with van der Waals surface area (Å²) in [4.78, 5) is 28.5. The molecule has 4 heteroatoms. The first kappa shape index (κ1) is 23.5. The highest BCUT2D eigenvalue weighted by molar-refractivity contribution is 6.36. The Balaban J connectivity index is 1.74. The lowest BCUT2D eigenvalue weighted by Crippen LogP contribution is -2.32. The molecule has 0 atom stereocenters. The van der Waals surface area contributed by atoms with Gasteiger partial charge < -0.3 is 5.32 Å². The molecule has 174 valence electrons. The van der Waals surface area contributed by atoms with Crippen LogP contribution in [0.25, 0.3) is 5.57 Å². The number of nitrogens with one attached hydrogen (secondary N) is 1. The van der Waals surface area contributed by atoms with E-state index in [0.717, 1.165) is 33.5 Å². The fourth-order valence-electron chi connectivity index (χ4n) is 4.25. The van der Waals surface area contributed by atoms with Crippen molar-refractivity contribution in [3.63, 3.8) is 0 Å². The number of rotatable bonds is 5. The van der Waals surface area contributed by atoms with E-state index in [4.69, 9.17) is 0 Å². The fraction of sp³-hybridized carbons (Fsp3) is 0.267. The number of benzene rings is 3. The van der Waals surface area contributed by atoms with Crippen molar-refractivity contribution in [2.24, 2.45) is 0 Å². The van der Waals surface area contributed by atoms with Crippen molar-refractivity contribution in [2.45, 2.75) is 53.5 Å². The van der Waals surface area contributed by atoms with Gasteiger partial charge in [0.1, 0.15) is 5.70 Å². The van der Waals surface area contributed by atoms with Crippen LogP contribution < -0.4 is 5.32 Å². The number of hydrogen-bond acceptors (Lipinski definition) is 3. The van der Waals surface area contributed by atoms with E-state index in [1.807, 2.05) is 75.4 Å². The van der Waals surface area contributed by atoms with Crippen molar-refractivity contribution in [3.05, 3.63) is 106 Å². The first-order valence-corrected chi connectivity index (χ1v) is 11.7. The van der Waals surface area contributed by atoms with Crippen LogP contribution in [0.5, 0.6) is 0 Å². The van der Waals surface area contributed by atoms with Gasteiger partial charge in [0.15, 0.2) is 0 Å². The van der Waals surface area contributed by atoms with Gasteiger partial charge in [-0.25, -0.2) is 0 Å². The molecule has 0 saturated carbocycles. The summed E-state index contributed by atoms with van der Waals surface area (Å²) < 4.78 is 0. The van der Waals surface area contributed by atoms with E-state index in [1.54, 1.807) is 0 Å². The average molecular weight is 453 g/mol. The zero-order chi connectivity index (χ0) is 24.6. The highest BCUT2D eigenvalue weighted by atomic mass is 16.2. The standard InChI is InChI=1S/C30H32N2O2/c1-19-7-10-22(11-8-19)18-32-28(33)26(25-16-9-20(2)17-21(25)3)27(29(32)34)31-24-14-12-23(13-15-24)30(4,5)6/h7-17,31H,18H2,1-6H3. The van der Waals surface area contributed by atoms with Crippen molar-refractivity contribution in [1.29, 1.82) is 0 Å². The number of amides is 2. The van der Waals surface area contributed by atoms with Gasteiger partial charge in [0.2, 0.25) is 0 Å². The van der Waals surface area contributed by atoms with Crippen LogP contribution in [0.15, 0.2) is 72.4 Å². The van der Waals surface area contributed by atoms with Gasteiger partial charge in [0.25, 0.3) is 11.8 Å². The van der Waals surface area contributed by atoms with Crippen molar-refractivity contribution in [2.75, 3.05) is 5.32 Å². The van der Waals surface area contributed by atoms with Crippen molar-refractivity contribution < 1.29 is 9.59 Å². The van der Waals surface area contributed by atoms with Gasteiger partial charge in [0.05, 0.1) is 12.1 Å². The van der Waals surface area contributed by atoms with E-state index in [0.29, 0.717) is 11.3 Å². The first-order valence-electron chi connectivity index (χ1n) is 11.7. The highest BCUT2D eigenvalue weighted by Gasteiger charge is 2.39. The number of carbonyl (C=O) groups excluding carboxylic acids is 2. The number of imide groups is 1. The zero-order valence-corrected chi connectivity index (χ0v) is 20.8. The molecule has 1 aliphatic rings. The Morgan fingerprint density at radius 1 is 0.765 bits per heavy atom. The summed E-state index contributed by atoms with van der Waals surface area (Å²) in [6, 6.07) is 21.9. The Bertz CT molecular complexity index is 1280. The molecule has 0 spiro atoms. The minimum absolute atomic E-state index is 0.0337. The van der Waals surface area contributed by atoms with E-state index in [9.17, 15) is 9.59 Å². The monoisotopic (exact) mass is 452 g/mol. The van der Waals surface area contributed by atoms with Gasteiger partial charge in [-0.2, -0.15) is 0 Å². The fourth-order valence-corrected chi connectivity index (χ4v) is 4.25. The Morgan fingerprint density at radius 3 is 1.97 bits per heavy atom. The topological polar surface area (TPSA) is 49.4 Å². The normalized spacial score (nSPS) is 14.2. The van der Waals surface area contributed by atoms with Crippen LogP contribution in [-0.4, -0.2) is 16.7 Å². The maximum absolute atomic E-state index is 13.6. The first-order chi connectivity index (χ1) is 16.0. The molecule has 1 heterocycles. The molecular formula is C30H32N2O2. The number of anilines is 1. The molecule has 0 unspecified atom stereocenters. The number of hydrogen-bond donors (Lipinski definition) is 1. The van der Waals surface area contributed by atoms with E-state index >= 15 is 0 Å². The number of nitrogens with zero attached hydrogens (tertiary/aromatic N) is 1. The second-order valence-corrected chi connectivity index (χ2v) is 10.2. The number of carbonyl (C=O) groups is 2. The molecule has 2 amide bonds. The zero-order valence-electron chi connectivity index (χ0n) is 20.8. The van der Waals surface area contributed by atoms with Crippen LogP contribution in [0.4, 0.5) is 5.69 Å². The predicted octanol–water partition coefficient (Wildman–Crippen LogP) is 6.30. The maximum Gasteiger partial charge on any atom is 0.278 e. The van der Waals surface area contributed by atoms with Gasteiger partial charge >= 0.3 is 0 Å². The van der Waals surface area contributed by atoms with E-state index in [1.165, 1.54) is 10.5 Å². The summed E-state index contributed by atoms with van der Waals surface area (Å²) in [5.41, 5.74) is 7.69. The molecule has 4 rings (SSSR count). The van der Waals surface area contributed by atoms with Crippen LogP contribution in [0.3, 0.4) is 0 Å². The van der Waals surface area contributed by atoms with Gasteiger partial charge in [0, 0.05) is 5.69 Å². The highest BCUT2D eigenvalue weighted by Crippen LogP contribution is 2.34. The molecule has 0 aromatic heterocycles. The Labute approximate surface area is 202 Å². The summed E-state index contributed by atoms with van der Waals surface area (Å²) >= 11 is 0. The lowest BCUT2D eigenvalue weighted by Gasteiger charge is -2.19. The minimum Gasteiger partial charge on any atom is -0.350 e. The van der Waals surface area contributed by atoms with Gasteiger partial charge in [-0.05, 0) is 60.6 Å². The molecule has 3 aromatic carbocycles. The molecule has 0 radical (unpaired) electrons. The van der Waals surface area contributed by atoms with Gasteiger partial charge in [-0.1, -0.05) is 86.5 Å². The molecule has 34 heavy (non-hydrogen) atoms. The van der Waals surface area contributed by atoms with Crippen LogP contribution in [-0.2, 0) is 21.5 Å². The SMILES string of the molecule is Cc1ccc(CN2C(=O)C(Nc3ccc(C(C)(C)C)cc3)=C(c3ccc(C)cc3C)C2=O)cc1. The summed E-state index contributed by atoms with van der Waals surface area (Å²) in [5.74, 6) is -0.577. The molecule has 0 saturated heterocycles. The molecule has 1 N–H and O–H groups in total. The van der Waals surface area contributed by atoms with E-state index < -0.39 is 0 Å². The summed E-state index contributed by atoms with van der Waals surface area (Å²) in [6.45, 7) is 12.7. The third-order valence-electron chi connectivity index (χ3n) is 6.30. The molecule has 0 fully saturated rings. The Hall–Kier alpha value is -3.66. The van der Waals surface area contributed by atoms with Crippen LogP contribution in [0.1, 0.15) is 54.2 Å². The van der Waals surface area contributed by atoms with Crippen molar-refractivity contribution in [1.82, 2.24) is 4.90 Å². The second-order valence-electron chi connectivity index (χ2n) is 10.2. The Kier molecular flexibility index (Phi) is 6.18. The second kappa shape index (κ2) is 8.94. The van der Waals surface area contributed by atoms with Crippen LogP contribution in [0, 0.1) is 20.8 Å². The van der Waals surface area contributed by atoms with Gasteiger partial charge in [-0.3, -0.25) is 14.5 Å². The minimum atomic E-state index is -0.305. The lowest BCUT2D eigenvalue weighted by molar-refractivity contribution is -0.137. The van der Waals surface area contributed by atoms with Crippen LogP contribution >= 0.6 is 0 Å². The largest absolute Gasteiger partial charge is 0.350 e. The third-order valence-corrected chi connectivity index (χ3v) is 6.30. The molecular weight excluding hydrogens is 420 g/mol. The maximum atomic E-state index is 13.6. The summed E-state index contributed by atoms with van der Waals surface area (Å²) in [7, 11) is 0. The molecule has 3 aromatic rings. The predicted molar refractivity (Wildman–Crippen MR) is 138 cm³/mol. The average Bonchev–Trinajstić information content (AvgIpc) is 2.99. The number of aryl methyl sites for hydroxylation is 3. The van der Waals surface area contributed by atoms with Crippen molar-refractivity contribution >= 4 is 23.1 Å². The van der Waals surface area contributed by atoms with Gasteiger partial charge in [-0.15, -0.1) is 0 Å². The van der Waals surface area contributed by atoms with Crippen molar-refractivity contribution in [3.8, 4) is 0 Å². The molecule has 0 aliphatic carbocycles. The van der Waals surface area contributed by atoms with E-state index in [-0.39, 0.29) is 23.8 Å². The van der Waals surface area contributed by atoms with Crippen LogP contribution in [0.2, 0.25) is 0 Å². The quantitative estimate of drug-likeness (QED) is 0.462. The smallest absolute Gasteiger partial charge is 0.278 e. The summed E-state index contributed by atoms with van der Waals surface area (Å²) in [5, 5.41) is 3.28.